The van der Waals surface area contributed by atoms with Gasteiger partial charge in [-0.25, -0.2) is 4.39 Å². The monoisotopic (exact) mass is 336 g/mol. The highest BCUT2D eigenvalue weighted by molar-refractivity contribution is 5.85. The molecule has 1 aliphatic rings. The summed E-state index contributed by atoms with van der Waals surface area (Å²) < 4.78 is 18.8. The van der Waals surface area contributed by atoms with Crippen LogP contribution in [0.15, 0.2) is 30.9 Å². The molecule has 0 unspecified atom stereocenters. The zero-order chi connectivity index (χ0) is 13.7. The number of halogens is 3. The molecule has 1 atom stereocenters. The number of benzene rings is 1. The topological polar surface area (TPSA) is 24.5 Å². The van der Waals surface area contributed by atoms with Crippen molar-refractivity contribution in [2.75, 3.05) is 33.3 Å². The first kappa shape index (κ1) is 20.2. The summed E-state index contributed by atoms with van der Waals surface area (Å²) in [5, 5.41) is 3.33. The fraction of sp³-hybridized carbons (Fsp3) is 0.467. The zero-order valence-corrected chi connectivity index (χ0v) is 13.8. The van der Waals surface area contributed by atoms with E-state index in [-0.39, 0.29) is 36.7 Å². The minimum atomic E-state index is -0.302. The minimum Gasteiger partial charge on any atom is -0.494 e. The van der Waals surface area contributed by atoms with Crippen molar-refractivity contribution in [3.8, 4) is 5.75 Å². The van der Waals surface area contributed by atoms with Gasteiger partial charge in [0, 0.05) is 32.2 Å². The highest BCUT2D eigenvalue weighted by Gasteiger charge is 2.21. The first-order valence-electron chi connectivity index (χ1n) is 6.65. The summed E-state index contributed by atoms with van der Waals surface area (Å²) in [6, 6.07) is 5.41. The summed E-state index contributed by atoms with van der Waals surface area (Å²) in [4.78, 5) is 2.37. The average molecular weight is 337 g/mol. The van der Waals surface area contributed by atoms with Crippen LogP contribution in [0.5, 0.6) is 5.75 Å². The van der Waals surface area contributed by atoms with Crippen LogP contribution in [0, 0.1) is 5.82 Å². The normalized spacial score (nSPS) is 16.3. The quantitative estimate of drug-likeness (QED) is 0.835. The van der Waals surface area contributed by atoms with Gasteiger partial charge < -0.3 is 10.1 Å². The third kappa shape index (κ3) is 5.15. The molecule has 0 radical (unpaired) electrons. The maximum absolute atomic E-state index is 13.8. The van der Waals surface area contributed by atoms with Crippen LogP contribution in [-0.2, 0) is 0 Å². The van der Waals surface area contributed by atoms with Crippen molar-refractivity contribution >= 4 is 24.8 Å². The second-order valence-electron chi connectivity index (χ2n) is 4.72. The van der Waals surface area contributed by atoms with Crippen LogP contribution in [0.25, 0.3) is 0 Å². The van der Waals surface area contributed by atoms with E-state index < -0.39 is 0 Å². The van der Waals surface area contributed by atoms with Crippen LogP contribution in [0.4, 0.5) is 4.39 Å². The van der Waals surface area contributed by atoms with E-state index in [2.05, 4.69) is 16.8 Å². The molecule has 0 saturated carbocycles. The van der Waals surface area contributed by atoms with Crippen molar-refractivity contribution in [2.24, 2.45) is 0 Å². The molecule has 1 fully saturated rings. The van der Waals surface area contributed by atoms with Crippen LogP contribution in [-0.4, -0.2) is 38.2 Å². The lowest BCUT2D eigenvalue weighted by molar-refractivity contribution is 0.174. The Morgan fingerprint density at radius 2 is 2.05 bits per heavy atom. The van der Waals surface area contributed by atoms with E-state index in [0.717, 1.165) is 38.2 Å². The zero-order valence-electron chi connectivity index (χ0n) is 12.2. The molecule has 3 nitrogen and oxygen atoms in total. The Bertz CT molecular complexity index is 440. The predicted molar refractivity (Wildman–Crippen MR) is 89.4 cm³/mol. The lowest BCUT2D eigenvalue weighted by Gasteiger charge is -2.34. The first-order chi connectivity index (χ1) is 9.26. The molecule has 0 aromatic heterocycles. The fourth-order valence-corrected chi connectivity index (χ4v) is 2.54. The molecular formula is C15H23Cl2FN2O. The lowest BCUT2D eigenvalue weighted by atomic mass is 10.0. The number of ether oxygens (including phenoxy) is 1. The SMILES string of the molecule is C=CC[C@@H](c1ccc(OC)c(F)c1)N1CCNCC1.Cl.Cl. The highest BCUT2D eigenvalue weighted by Crippen LogP contribution is 2.28. The number of methoxy groups -OCH3 is 1. The van der Waals surface area contributed by atoms with Gasteiger partial charge in [0.2, 0.25) is 0 Å². The van der Waals surface area contributed by atoms with Gasteiger partial charge in [0.05, 0.1) is 7.11 Å². The van der Waals surface area contributed by atoms with Gasteiger partial charge >= 0.3 is 0 Å². The number of rotatable bonds is 5. The number of hydrogen-bond acceptors (Lipinski definition) is 3. The molecule has 0 amide bonds. The molecule has 21 heavy (non-hydrogen) atoms. The predicted octanol–water partition coefficient (Wildman–Crippen LogP) is 3.20. The molecule has 1 N–H and O–H groups in total. The van der Waals surface area contributed by atoms with E-state index in [1.807, 2.05) is 12.1 Å². The summed E-state index contributed by atoms with van der Waals surface area (Å²) in [6.07, 6.45) is 2.72. The maximum Gasteiger partial charge on any atom is 0.165 e. The second kappa shape index (κ2) is 10.0. The minimum absolute atomic E-state index is 0. The number of piperazine rings is 1. The maximum atomic E-state index is 13.8. The molecule has 120 valence electrons. The smallest absolute Gasteiger partial charge is 0.165 e. The van der Waals surface area contributed by atoms with Crippen LogP contribution in [0.3, 0.4) is 0 Å². The molecule has 1 heterocycles. The van der Waals surface area contributed by atoms with Gasteiger partial charge in [-0.2, -0.15) is 0 Å². The van der Waals surface area contributed by atoms with Crippen molar-refractivity contribution in [2.45, 2.75) is 12.5 Å². The van der Waals surface area contributed by atoms with E-state index >= 15 is 0 Å². The van der Waals surface area contributed by atoms with Gasteiger partial charge in [0.25, 0.3) is 0 Å². The molecule has 0 aliphatic carbocycles. The third-order valence-corrected chi connectivity index (χ3v) is 3.54. The Morgan fingerprint density at radius 3 is 2.57 bits per heavy atom. The van der Waals surface area contributed by atoms with Crippen molar-refractivity contribution in [1.29, 1.82) is 0 Å². The molecule has 1 saturated heterocycles. The summed E-state index contributed by atoms with van der Waals surface area (Å²) in [7, 11) is 1.48. The van der Waals surface area contributed by atoms with E-state index in [1.54, 1.807) is 12.1 Å². The Kier molecular flexibility index (Phi) is 9.62. The van der Waals surface area contributed by atoms with Gasteiger partial charge in [-0.3, -0.25) is 4.90 Å². The number of nitrogens with zero attached hydrogens (tertiary/aromatic N) is 1. The molecule has 6 heteroatoms. The van der Waals surface area contributed by atoms with Gasteiger partial charge in [0.15, 0.2) is 11.6 Å². The Hall–Kier alpha value is -0.810. The largest absolute Gasteiger partial charge is 0.494 e. The van der Waals surface area contributed by atoms with Gasteiger partial charge in [-0.1, -0.05) is 12.1 Å². The molecule has 0 bridgehead atoms. The summed E-state index contributed by atoms with van der Waals surface area (Å²) in [5.74, 6) is -0.00869. The van der Waals surface area contributed by atoms with Crippen molar-refractivity contribution in [3.05, 3.63) is 42.2 Å². The second-order valence-corrected chi connectivity index (χ2v) is 4.72. The number of hydrogen-bond donors (Lipinski definition) is 1. The molecule has 0 spiro atoms. The molecule has 1 aliphatic heterocycles. The Labute approximate surface area is 138 Å². The molecule has 2 rings (SSSR count). The van der Waals surface area contributed by atoms with E-state index in [4.69, 9.17) is 4.74 Å². The Balaban J connectivity index is 0.00000200. The molecule has 1 aromatic rings. The van der Waals surface area contributed by atoms with Gasteiger partial charge in [-0.05, 0) is 24.1 Å². The summed E-state index contributed by atoms with van der Waals surface area (Å²) in [6.45, 7) is 7.73. The number of nitrogens with one attached hydrogen (secondary N) is 1. The highest BCUT2D eigenvalue weighted by atomic mass is 35.5. The third-order valence-electron chi connectivity index (χ3n) is 3.54. The summed E-state index contributed by atoms with van der Waals surface area (Å²) >= 11 is 0. The Morgan fingerprint density at radius 1 is 1.38 bits per heavy atom. The van der Waals surface area contributed by atoms with Crippen molar-refractivity contribution in [1.82, 2.24) is 10.2 Å². The van der Waals surface area contributed by atoms with Gasteiger partial charge in [0.1, 0.15) is 0 Å². The van der Waals surface area contributed by atoms with Crippen LogP contribution in [0.2, 0.25) is 0 Å². The first-order valence-corrected chi connectivity index (χ1v) is 6.65. The van der Waals surface area contributed by atoms with Crippen molar-refractivity contribution < 1.29 is 9.13 Å². The van der Waals surface area contributed by atoms with Crippen LogP contribution in [0.1, 0.15) is 18.0 Å². The van der Waals surface area contributed by atoms with Crippen LogP contribution >= 0.6 is 24.8 Å². The van der Waals surface area contributed by atoms with E-state index in [0.29, 0.717) is 5.75 Å². The van der Waals surface area contributed by atoms with E-state index in [1.165, 1.54) is 7.11 Å². The van der Waals surface area contributed by atoms with Crippen molar-refractivity contribution in [3.63, 3.8) is 0 Å². The van der Waals surface area contributed by atoms with Gasteiger partial charge in [-0.15, -0.1) is 31.4 Å². The van der Waals surface area contributed by atoms with E-state index in [9.17, 15) is 4.39 Å². The lowest BCUT2D eigenvalue weighted by Crippen LogP contribution is -2.45. The average Bonchev–Trinajstić information content (AvgIpc) is 2.45. The van der Waals surface area contributed by atoms with Crippen LogP contribution < -0.4 is 10.1 Å². The standard InChI is InChI=1S/C15H21FN2O.2ClH/c1-3-4-14(18-9-7-17-8-10-18)12-5-6-15(19-2)13(16)11-12;;/h3,5-6,11,14,17H,1,4,7-10H2,2H3;2*1H/t14-;;/m0../s1. The molecule has 1 aromatic carbocycles. The summed E-state index contributed by atoms with van der Waals surface area (Å²) in [5.41, 5.74) is 0.986. The molecular weight excluding hydrogens is 314 g/mol. The fourth-order valence-electron chi connectivity index (χ4n) is 2.54.